The van der Waals surface area contributed by atoms with Crippen LogP contribution in [0.2, 0.25) is 0 Å². The van der Waals surface area contributed by atoms with Crippen molar-refractivity contribution in [3.8, 4) is 33.4 Å². The summed E-state index contributed by atoms with van der Waals surface area (Å²) in [5.74, 6) is 0. The van der Waals surface area contributed by atoms with Crippen LogP contribution in [0.3, 0.4) is 0 Å². The number of rotatable bonds is 7. The zero-order valence-electron chi connectivity index (χ0n) is 35.5. The highest BCUT2D eigenvalue weighted by Gasteiger charge is 2.47. The predicted molar refractivity (Wildman–Crippen MR) is 272 cm³/mol. The average molecular weight is 828 g/mol. The standard InChI is InChI=1S/C63H41NO/c1-4-16-43(17-5-1)53-25-14-26-54-56-41-45(34-39-60(56)65-62(53)54)42-32-35-49(36-33-42)64(50-37-38-52-46(40-50)31-30-44-18-10-11-23-51(44)52)59-29-15-28-58-61(59)55-24-12-13-27-57(55)63(58,47-19-6-2-7-20-47)48-21-8-3-9-22-48/h1-41H. The summed E-state index contributed by atoms with van der Waals surface area (Å²) in [6, 6.07) is 90.8. The summed E-state index contributed by atoms with van der Waals surface area (Å²) in [5.41, 5.74) is 16.7. The van der Waals surface area contributed by atoms with Crippen LogP contribution < -0.4 is 4.90 Å². The minimum absolute atomic E-state index is 0.514. The van der Waals surface area contributed by atoms with Gasteiger partial charge >= 0.3 is 0 Å². The maximum absolute atomic E-state index is 6.56. The van der Waals surface area contributed by atoms with E-state index in [-0.39, 0.29) is 0 Å². The van der Waals surface area contributed by atoms with Gasteiger partial charge in [0.15, 0.2) is 0 Å². The minimum Gasteiger partial charge on any atom is -0.455 e. The van der Waals surface area contributed by atoms with Crippen molar-refractivity contribution in [3.05, 3.63) is 271 Å². The lowest BCUT2D eigenvalue weighted by Gasteiger charge is -2.34. The lowest BCUT2D eigenvalue weighted by atomic mass is 9.68. The summed E-state index contributed by atoms with van der Waals surface area (Å²) in [5, 5.41) is 7.19. The first-order valence-corrected chi connectivity index (χ1v) is 22.4. The Balaban J connectivity index is 1.00. The fourth-order valence-electron chi connectivity index (χ4n) is 10.9. The second kappa shape index (κ2) is 14.8. The molecule has 65 heavy (non-hydrogen) atoms. The van der Waals surface area contributed by atoms with Crippen LogP contribution in [-0.4, -0.2) is 0 Å². The molecule has 0 fully saturated rings. The van der Waals surface area contributed by atoms with Gasteiger partial charge in [0.05, 0.1) is 11.1 Å². The normalized spacial score (nSPS) is 12.7. The molecule has 0 saturated heterocycles. The van der Waals surface area contributed by atoms with Crippen LogP contribution in [0.25, 0.3) is 76.9 Å². The Labute approximate surface area is 377 Å². The quantitative estimate of drug-likeness (QED) is 0.149. The van der Waals surface area contributed by atoms with Gasteiger partial charge in [0.1, 0.15) is 11.2 Å². The summed E-state index contributed by atoms with van der Waals surface area (Å²) in [6.45, 7) is 0. The summed E-state index contributed by atoms with van der Waals surface area (Å²) in [4.78, 5) is 2.47. The molecule has 0 atom stereocenters. The van der Waals surface area contributed by atoms with E-state index in [4.69, 9.17) is 4.42 Å². The van der Waals surface area contributed by atoms with E-state index in [0.29, 0.717) is 0 Å². The van der Waals surface area contributed by atoms with Crippen molar-refractivity contribution >= 4 is 60.5 Å². The third-order valence-corrected chi connectivity index (χ3v) is 13.7. The maximum atomic E-state index is 6.56. The van der Waals surface area contributed by atoms with E-state index >= 15 is 0 Å². The van der Waals surface area contributed by atoms with Crippen LogP contribution >= 0.6 is 0 Å². The molecule has 0 spiro atoms. The Morgan fingerprint density at radius 3 is 1.74 bits per heavy atom. The monoisotopic (exact) mass is 827 g/mol. The summed E-state index contributed by atoms with van der Waals surface area (Å²) in [7, 11) is 0. The molecule has 0 unspecified atom stereocenters. The Morgan fingerprint density at radius 2 is 0.938 bits per heavy atom. The van der Waals surface area contributed by atoms with Crippen LogP contribution in [-0.2, 0) is 5.41 Å². The second-order valence-corrected chi connectivity index (χ2v) is 17.2. The first-order valence-electron chi connectivity index (χ1n) is 22.4. The highest BCUT2D eigenvalue weighted by Crippen LogP contribution is 2.59. The molecule has 1 aliphatic rings. The number of benzene rings is 11. The van der Waals surface area contributed by atoms with E-state index in [9.17, 15) is 0 Å². The molecule has 0 bridgehead atoms. The van der Waals surface area contributed by atoms with Crippen molar-refractivity contribution in [2.75, 3.05) is 4.90 Å². The van der Waals surface area contributed by atoms with E-state index < -0.39 is 5.41 Å². The molecule has 13 rings (SSSR count). The highest BCUT2D eigenvalue weighted by molar-refractivity contribution is 6.11. The van der Waals surface area contributed by atoms with E-state index in [1.54, 1.807) is 0 Å². The molecule has 1 aliphatic carbocycles. The SMILES string of the molecule is c1ccc(-c2cccc3c2oc2ccc(-c4ccc(N(c5ccc6c(ccc7ccccc76)c5)c5cccc6c5-c5ccccc5C6(c5ccccc5)c5ccccc5)cc4)cc23)cc1. The molecular formula is C63H41NO. The molecule has 2 heteroatoms. The molecule has 0 amide bonds. The number of fused-ring (bicyclic) bond motifs is 9. The van der Waals surface area contributed by atoms with E-state index in [1.807, 2.05) is 0 Å². The summed E-state index contributed by atoms with van der Waals surface area (Å²) in [6.07, 6.45) is 0. The predicted octanol–water partition coefficient (Wildman–Crippen LogP) is 17.1. The van der Waals surface area contributed by atoms with Crippen molar-refractivity contribution < 1.29 is 4.42 Å². The van der Waals surface area contributed by atoms with Gasteiger partial charge in [0, 0.05) is 33.3 Å². The molecule has 0 radical (unpaired) electrons. The lowest BCUT2D eigenvalue weighted by molar-refractivity contribution is 0.670. The van der Waals surface area contributed by atoms with E-state index in [2.05, 4.69) is 254 Å². The molecule has 1 aromatic heterocycles. The van der Waals surface area contributed by atoms with Crippen molar-refractivity contribution in [2.24, 2.45) is 0 Å². The van der Waals surface area contributed by atoms with Crippen LogP contribution in [0, 0.1) is 0 Å². The average Bonchev–Trinajstić information content (AvgIpc) is 3.91. The molecule has 2 nitrogen and oxygen atoms in total. The molecule has 0 N–H and O–H groups in total. The van der Waals surface area contributed by atoms with Gasteiger partial charge in [-0.15, -0.1) is 0 Å². The molecule has 1 heterocycles. The molecule has 304 valence electrons. The Kier molecular flexibility index (Phi) is 8.47. The first-order chi connectivity index (χ1) is 32.2. The van der Waals surface area contributed by atoms with Crippen LogP contribution in [0.5, 0.6) is 0 Å². The van der Waals surface area contributed by atoms with Gasteiger partial charge < -0.3 is 9.32 Å². The second-order valence-electron chi connectivity index (χ2n) is 17.2. The van der Waals surface area contributed by atoms with Crippen LogP contribution in [0.15, 0.2) is 253 Å². The van der Waals surface area contributed by atoms with Gasteiger partial charge in [0.25, 0.3) is 0 Å². The number of furan rings is 1. The fraction of sp³-hybridized carbons (Fsp3) is 0.0159. The number of para-hydroxylation sites is 1. The van der Waals surface area contributed by atoms with Gasteiger partial charge in [-0.25, -0.2) is 0 Å². The summed E-state index contributed by atoms with van der Waals surface area (Å²) >= 11 is 0. The molecule has 12 aromatic rings. The molecule has 11 aromatic carbocycles. The Bertz CT molecular complexity index is 3720. The van der Waals surface area contributed by atoms with Crippen LogP contribution in [0.4, 0.5) is 17.1 Å². The number of hydrogen-bond donors (Lipinski definition) is 0. The zero-order chi connectivity index (χ0) is 42.9. The first kappa shape index (κ1) is 37.1. The summed E-state index contributed by atoms with van der Waals surface area (Å²) < 4.78 is 6.56. The smallest absolute Gasteiger partial charge is 0.143 e. The fourth-order valence-corrected chi connectivity index (χ4v) is 10.9. The number of hydrogen-bond acceptors (Lipinski definition) is 2. The maximum Gasteiger partial charge on any atom is 0.143 e. The zero-order valence-corrected chi connectivity index (χ0v) is 35.5. The third kappa shape index (κ3) is 5.74. The highest BCUT2D eigenvalue weighted by atomic mass is 16.3. The van der Waals surface area contributed by atoms with Crippen molar-refractivity contribution in [1.82, 2.24) is 0 Å². The third-order valence-electron chi connectivity index (χ3n) is 13.7. The van der Waals surface area contributed by atoms with Gasteiger partial charge in [0.2, 0.25) is 0 Å². The van der Waals surface area contributed by atoms with Crippen molar-refractivity contribution in [2.45, 2.75) is 5.41 Å². The van der Waals surface area contributed by atoms with E-state index in [0.717, 1.165) is 61.3 Å². The number of anilines is 3. The lowest BCUT2D eigenvalue weighted by Crippen LogP contribution is -2.28. The van der Waals surface area contributed by atoms with Gasteiger partial charge in [-0.05, 0) is 109 Å². The minimum atomic E-state index is -0.514. The van der Waals surface area contributed by atoms with Crippen molar-refractivity contribution in [1.29, 1.82) is 0 Å². The molecular weight excluding hydrogens is 787 g/mol. The Hall–Kier alpha value is -8.46. The largest absolute Gasteiger partial charge is 0.455 e. The van der Waals surface area contributed by atoms with Gasteiger partial charge in [-0.3, -0.25) is 0 Å². The number of nitrogens with zero attached hydrogens (tertiary/aromatic N) is 1. The van der Waals surface area contributed by atoms with Crippen molar-refractivity contribution in [3.63, 3.8) is 0 Å². The van der Waals surface area contributed by atoms with E-state index in [1.165, 1.54) is 54.9 Å². The Morgan fingerprint density at radius 1 is 0.338 bits per heavy atom. The van der Waals surface area contributed by atoms with Gasteiger partial charge in [-0.2, -0.15) is 0 Å². The molecule has 0 saturated carbocycles. The van der Waals surface area contributed by atoms with Gasteiger partial charge in [-0.1, -0.05) is 206 Å². The molecule has 0 aliphatic heterocycles. The van der Waals surface area contributed by atoms with Crippen LogP contribution in [0.1, 0.15) is 22.3 Å². The topological polar surface area (TPSA) is 16.4 Å².